The Morgan fingerprint density at radius 2 is 1.92 bits per heavy atom. The molecule has 1 aliphatic rings. The fourth-order valence-electron chi connectivity index (χ4n) is 2.75. The SMILES string of the molecule is CNS(=O)(=O)c1ccc2c(c1)C(=Cc1ccc(OC)c(C)c1)C(=O)N2. The molecular weight excluding hydrogens is 340 g/mol. The molecule has 6 nitrogen and oxygen atoms in total. The molecule has 0 unspecified atom stereocenters. The molecule has 0 saturated heterocycles. The molecule has 0 atom stereocenters. The molecule has 130 valence electrons. The van der Waals surface area contributed by atoms with Crippen molar-refractivity contribution in [2.75, 3.05) is 19.5 Å². The van der Waals surface area contributed by atoms with Crippen LogP contribution in [0.2, 0.25) is 0 Å². The Morgan fingerprint density at radius 1 is 1.16 bits per heavy atom. The predicted molar refractivity (Wildman–Crippen MR) is 96.9 cm³/mol. The Morgan fingerprint density at radius 3 is 2.56 bits per heavy atom. The maximum atomic E-state index is 12.3. The number of carbonyl (C=O) groups is 1. The van der Waals surface area contributed by atoms with Crippen molar-refractivity contribution in [1.29, 1.82) is 0 Å². The lowest BCUT2D eigenvalue weighted by Crippen LogP contribution is -2.18. The average Bonchev–Trinajstić information content (AvgIpc) is 2.90. The summed E-state index contributed by atoms with van der Waals surface area (Å²) in [6.07, 6.45) is 1.74. The molecule has 25 heavy (non-hydrogen) atoms. The maximum absolute atomic E-state index is 12.3. The number of methoxy groups -OCH3 is 1. The topological polar surface area (TPSA) is 84.5 Å². The van der Waals surface area contributed by atoms with E-state index in [0.717, 1.165) is 16.9 Å². The van der Waals surface area contributed by atoms with Gasteiger partial charge in [-0.1, -0.05) is 6.07 Å². The van der Waals surface area contributed by atoms with Crippen molar-refractivity contribution < 1.29 is 17.9 Å². The van der Waals surface area contributed by atoms with Gasteiger partial charge in [0.25, 0.3) is 5.91 Å². The smallest absolute Gasteiger partial charge is 0.256 e. The van der Waals surface area contributed by atoms with Crippen molar-refractivity contribution in [2.24, 2.45) is 0 Å². The first-order valence-corrected chi connectivity index (χ1v) is 9.09. The van der Waals surface area contributed by atoms with Gasteiger partial charge in [-0.2, -0.15) is 0 Å². The van der Waals surface area contributed by atoms with E-state index in [0.29, 0.717) is 16.8 Å². The van der Waals surface area contributed by atoms with Crippen molar-refractivity contribution in [3.8, 4) is 5.75 Å². The minimum Gasteiger partial charge on any atom is -0.496 e. The molecule has 0 radical (unpaired) electrons. The first-order valence-electron chi connectivity index (χ1n) is 7.61. The van der Waals surface area contributed by atoms with Crippen molar-refractivity contribution in [3.63, 3.8) is 0 Å². The lowest BCUT2D eigenvalue weighted by molar-refractivity contribution is -0.110. The van der Waals surface area contributed by atoms with Crippen LogP contribution in [-0.4, -0.2) is 28.5 Å². The number of sulfonamides is 1. The monoisotopic (exact) mass is 358 g/mol. The average molecular weight is 358 g/mol. The summed E-state index contributed by atoms with van der Waals surface area (Å²) in [6.45, 7) is 1.92. The first-order chi connectivity index (χ1) is 11.9. The maximum Gasteiger partial charge on any atom is 0.256 e. The van der Waals surface area contributed by atoms with Gasteiger partial charge >= 0.3 is 0 Å². The van der Waals surface area contributed by atoms with E-state index in [2.05, 4.69) is 10.0 Å². The summed E-state index contributed by atoms with van der Waals surface area (Å²) < 4.78 is 31.5. The van der Waals surface area contributed by atoms with Crippen LogP contribution in [0.3, 0.4) is 0 Å². The Hall–Kier alpha value is -2.64. The lowest BCUT2D eigenvalue weighted by atomic mass is 10.0. The van der Waals surface area contributed by atoms with Crippen LogP contribution in [0.4, 0.5) is 5.69 Å². The second kappa shape index (κ2) is 6.34. The normalized spacial score (nSPS) is 15.2. The summed E-state index contributed by atoms with van der Waals surface area (Å²) in [5.41, 5.74) is 3.36. The van der Waals surface area contributed by atoms with Gasteiger partial charge < -0.3 is 10.1 Å². The van der Waals surface area contributed by atoms with E-state index in [1.807, 2.05) is 25.1 Å². The number of hydrogen-bond donors (Lipinski definition) is 2. The number of anilines is 1. The van der Waals surface area contributed by atoms with Crippen molar-refractivity contribution in [2.45, 2.75) is 11.8 Å². The summed E-state index contributed by atoms with van der Waals surface area (Å²) in [5, 5.41) is 2.75. The summed E-state index contributed by atoms with van der Waals surface area (Å²) in [4.78, 5) is 12.4. The molecule has 2 N–H and O–H groups in total. The third-order valence-corrected chi connectivity index (χ3v) is 5.49. The molecule has 1 heterocycles. The molecule has 0 spiro atoms. The zero-order valence-corrected chi connectivity index (χ0v) is 14.9. The Balaban J connectivity index is 2.09. The van der Waals surface area contributed by atoms with Crippen molar-refractivity contribution >= 4 is 33.3 Å². The zero-order valence-electron chi connectivity index (χ0n) is 14.1. The number of fused-ring (bicyclic) bond motifs is 1. The third kappa shape index (κ3) is 3.16. The van der Waals surface area contributed by atoms with Crippen LogP contribution in [0.25, 0.3) is 11.6 Å². The highest BCUT2D eigenvalue weighted by atomic mass is 32.2. The van der Waals surface area contributed by atoms with Gasteiger partial charge in [0.1, 0.15) is 5.75 Å². The van der Waals surface area contributed by atoms with Crippen molar-refractivity contribution in [3.05, 3.63) is 53.1 Å². The Kier molecular flexibility index (Phi) is 4.36. The first kappa shape index (κ1) is 17.2. The second-order valence-electron chi connectivity index (χ2n) is 5.66. The van der Waals surface area contributed by atoms with Crippen LogP contribution >= 0.6 is 0 Å². The molecule has 0 aliphatic carbocycles. The van der Waals surface area contributed by atoms with Crippen molar-refractivity contribution in [1.82, 2.24) is 4.72 Å². The van der Waals surface area contributed by atoms with E-state index < -0.39 is 10.0 Å². The number of benzene rings is 2. The second-order valence-corrected chi connectivity index (χ2v) is 7.54. The molecule has 1 amide bonds. The van der Waals surface area contributed by atoms with Gasteiger partial charge in [-0.05, 0) is 61.5 Å². The van der Waals surface area contributed by atoms with E-state index >= 15 is 0 Å². The van der Waals surface area contributed by atoms with Gasteiger partial charge in [-0.25, -0.2) is 13.1 Å². The predicted octanol–water partition coefficient (Wildman–Crippen LogP) is 2.40. The highest BCUT2D eigenvalue weighted by molar-refractivity contribution is 7.89. The number of hydrogen-bond acceptors (Lipinski definition) is 4. The van der Waals surface area contributed by atoms with Gasteiger partial charge in [-0.15, -0.1) is 0 Å². The molecule has 2 aromatic carbocycles. The third-order valence-electron chi connectivity index (χ3n) is 4.08. The highest BCUT2D eigenvalue weighted by Gasteiger charge is 2.26. The minimum absolute atomic E-state index is 0.113. The molecule has 0 fully saturated rings. The molecule has 2 aromatic rings. The van der Waals surface area contributed by atoms with Crippen LogP contribution in [0, 0.1) is 6.92 Å². The molecule has 0 saturated carbocycles. The fraction of sp³-hybridized carbons (Fsp3) is 0.167. The van der Waals surface area contributed by atoms with E-state index in [4.69, 9.17) is 4.74 Å². The quantitative estimate of drug-likeness (QED) is 0.822. The van der Waals surface area contributed by atoms with Crippen LogP contribution in [-0.2, 0) is 14.8 Å². The molecule has 7 heteroatoms. The summed E-state index contributed by atoms with van der Waals surface area (Å²) >= 11 is 0. The number of carbonyl (C=O) groups excluding carboxylic acids is 1. The summed E-state index contributed by atoms with van der Waals surface area (Å²) in [5.74, 6) is 0.503. The van der Waals surface area contributed by atoms with E-state index in [-0.39, 0.29) is 10.8 Å². The Labute approximate surface area is 146 Å². The van der Waals surface area contributed by atoms with Crippen LogP contribution in [0.15, 0.2) is 41.3 Å². The number of ether oxygens (including phenoxy) is 1. The summed E-state index contributed by atoms with van der Waals surface area (Å²) in [6, 6.07) is 10.1. The van der Waals surface area contributed by atoms with Crippen LogP contribution < -0.4 is 14.8 Å². The van der Waals surface area contributed by atoms with Crippen LogP contribution in [0.5, 0.6) is 5.75 Å². The van der Waals surface area contributed by atoms with Gasteiger partial charge in [-0.3, -0.25) is 4.79 Å². The number of nitrogens with one attached hydrogen (secondary N) is 2. The largest absolute Gasteiger partial charge is 0.496 e. The molecule has 3 rings (SSSR count). The van der Waals surface area contributed by atoms with Gasteiger partial charge in [0.15, 0.2) is 0 Å². The van der Waals surface area contributed by atoms with Gasteiger partial charge in [0.2, 0.25) is 10.0 Å². The van der Waals surface area contributed by atoms with E-state index in [1.54, 1.807) is 19.3 Å². The number of aryl methyl sites for hydroxylation is 1. The highest BCUT2D eigenvalue weighted by Crippen LogP contribution is 2.35. The lowest BCUT2D eigenvalue weighted by Gasteiger charge is -2.06. The fourth-order valence-corrected chi connectivity index (χ4v) is 3.51. The van der Waals surface area contributed by atoms with Gasteiger partial charge in [0, 0.05) is 16.8 Å². The summed E-state index contributed by atoms with van der Waals surface area (Å²) in [7, 11) is -0.630. The molecule has 0 bridgehead atoms. The molecular formula is C18H18N2O4S. The van der Waals surface area contributed by atoms with E-state index in [1.165, 1.54) is 19.2 Å². The zero-order chi connectivity index (χ0) is 18.2. The van der Waals surface area contributed by atoms with Crippen LogP contribution in [0.1, 0.15) is 16.7 Å². The molecule has 1 aliphatic heterocycles. The number of amides is 1. The van der Waals surface area contributed by atoms with E-state index in [9.17, 15) is 13.2 Å². The minimum atomic E-state index is -3.58. The van der Waals surface area contributed by atoms with Gasteiger partial charge in [0.05, 0.1) is 12.0 Å². The standard InChI is InChI=1S/C18H18N2O4S/c1-11-8-12(4-7-17(11)24-3)9-15-14-10-13(25(22,23)19-2)5-6-16(14)20-18(15)21/h4-10,19H,1-3H3,(H,20,21). The Bertz CT molecular complexity index is 994. The molecule has 0 aromatic heterocycles. The number of rotatable bonds is 4.